The van der Waals surface area contributed by atoms with Gasteiger partial charge in [0.1, 0.15) is 0 Å². The highest BCUT2D eigenvalue weighted by molar-refractivity contribution is 6.20. The van der Waals surface area contributed by atoms with E-state index in [4.69, 9.17) is 11.6 Å². The van der Waals surface area contributed by atoms with E-state index in [-0.39, 0.29) is 5.92 Å². The third-order valence-corrected chi connectivity index (χ3v) is 1.32. The summed E-state index contributed by atoms with van der Waals surface area (Å²) in [6, 6.07) is 0. The van der Waals surface area contributed by atoms with Crippen LogP contribution in [0.25, 0.3) is 0 Å². The number of halogens is 1. The second kappa shape index (κ2) is 3.72. The molecule has 0 saturated carbocycles. The maximum absolute atomic E-state index is 9.61. The molecule has 0 heterocycles. The molecule has 0 aliphatic rings. The lowest BCUT2D eigenvalue weighted by Gasteiger charge is -2.08. The molecule has 0 aromatic rings. The molecule has 0 spiro atoms. The molecule has 8 heavy (non-hydrogen) atoms. The summed E-state index contributed by atoms with van der Waals surface area (Å²) < 4.78 is 4.39. The van der Waals surface area contributed by atoms with Crippen molar-refractivity contribution in [3.05, 3.63) is 0 Å². The average Bonchev–Trinajstić information content (AvgIpc) is 1.67. The highest BCUT2D eigenvalue weighted by atomic mass is 35.5. The first kappa shape index (κ1) is 7.76. The fraction of sp³-hybridized carbons (Fsp3) is 0.800. The first-order valence-electron chi connectivity index (χ1n) is 2.41. The van der Waals surface area contributed by atoms with Gasteiger partial charge in [-0.15, -0.1) is 0 Å². The molecular weight excluding hydrogens is 128 g/mol. The highest BCUT2D eigenvalue weighted by Crippen LogP contribution is 2.08. The average molecular weight is 137 g/mol. The number of rotatable bonds is 3. The Balaban J connectivity index is 3.30. The molecule has 0 aliphatic carbocycles. The third-order valence-electron chi connectivity index (χ3n) is 0.710. The van der Waals surface area contributed by atoms with Gasteiger partial charge in [-0.25, -0.2) is 0 Å². The van der Waals surface area contributed by atoms with E-state index in [1.807, 2.05) is 13.8 Å². The zero-order valence-corrected chi connectivity index (χ0v) is 5.68. The first-order chi connectivity index (χ1) is 3.68. The van der Waals surface area contributed by atoms with Crippen LogP contribution in [-0.2, 0) is 9.53 Å². The van der Waals surface area contributed by atoms with Crippen molar-refractivity contribution in [1.29, 1.82) is 0 Å². The summed E-state index contributed by atoms with van der Waals surface area (Å²) in [6.07, 6.45) is 0. The molecule has 0 aliphatic heterocycles. The second-order valence-electron chi connectivity index (χ2n) is 1.83. The van der Waals surface area contributed by atoms with Crippen LogP contribution in [0.3, 0.4) is 0 Å². The summed E-state index contributed by atoms with van der Waals surface area (Å²) in [7, 11) is 0. The summed E-state index contributed by atoms with van der Waals surface area (Å²) in [4.78, 5) is 9.61. The molecule has 0 aromatic carbocycles. The Kier molecular flexibility index (Phi) is 3.61. The maximum Gasteiger partial charge on any atom is 0.294 e. The molecule has 0 radical (unpaired) electrons. The molecule has 0 bridgehead atoms. The van der Waals surface area contributed by atoms with E-state index < -0.39 is 5.56 Å². The SMILES string of the molecule is CC(C)C(Cl)OC=O. The molecule has 2 nitrogen and oxygen atoms in total. The van der Waals surface area contributed by atoms with E-state index in [0.29, 0.717) is 6.47 Å². The third kappa shape index (κ3) is 2.86. The van der Waals surface area contributed by atoms with Gasteiger partial charge in [0.15, 0.2) is 5.56 Å². The molecule has 1 unspecified atom stereocenters. The minimum atomic E-state index is -0.479. The Hall–Kier alpha value is -0.240. The first-order valence-corrected chi connectivity index (χ1v) is 2.85. The number of alkyl halides is 1. The topological polar surface area (TPSA) is 26.3 Å². The van der Waals surface area contributed by atoms with Gasteiger partial charge >= 0.3 is 0 Å². The van der Waals surface area contributed by atoms with Gasteiger partial charge < -0.3 is 4.74 Å². The van der Waals surface area contributed by atoms with Crippen LogP contribution in [0.5, 0.6) is 0 Å². The Morgan fingerprint density at radius 1 is 1.62 bits per heavy atom. The van der Waals surface area contributed by atoms with Crippen molar-refractivity contribution in [3.63, 3.8) is 0 Å². The number of hydrogen-bond acceptors (Lipinski definition) is 2. The number of carbonyl (C=O) groups is 1. The summed E-state index contributed by atoms with van der Waals surface area (Å²) in [6.45, 7) is 4.11. The van der Waals surface area contributed by atoms with E-state index >= 15 is 0 Å². The summed E-state index contributed by atoms with van der Waals surface area (Å²) in [5.74, 6) is 0.182. The lowest BCUT2D eigenvalue weighted by Crippen LogP contribution is -2.10. The maximum atomic E-state index is 9.61. The van der Waals surface area contributed by atoms with Crippen LogP contribution in [0.4, 0.5) is 0 Å². The van der Waals surface area contributed by atoms with Gasteiger partial charge in [0, 0.05) is 5.92 Å². The van der Waals surface area contributed by atoms with Crippen LogP contribution in [0, 0.1) is 5.92 Å². The van der Waals surface area contributed by atoms with E-state index in [0.717, 1.165) is 0 Å². The molecule has 0 aromatic heterocycles. The van der Waals surface area contributed by atoms with Crippen molar-refractivity contribution < 1.29 is 9.53 Å². The molecule has 3 heteroatoms. The smallest absolute Gasteiger partial charge is 0.294 e. The van der Waals surface area contributed by atoms with E-state index in [2.05, 4.69) is 4.74 Å². The fourth-order valence-corrected chi connectivity index (χ4v) is 0.252. The minimum absolute atomic E-state index is 0.182. The standard InChI is InChI=1S/C5H9ClO2/c1-4(2)5(6)8-3-7/h3-5H,1-2H3. The summed E-state index contributed by atoms with van der Waals surface area (Å²) in [5, 5.41) is 0. The Labute approximate surface area is 53.8 Å². The lowest BCUT2D eigenvalue weighted by atomic mass is 10.2. The molecule has 48 valence electrons. The zero-order chi connectivity index (χ0) is 6.57. The van der Waals surface area contributed by atoms with Crippen LogP contribution in [0.1, 0.15) is 13.8 Å². The lowest BCUT2D eigenvalue weighted by molar-refractivity contribution is -0.131. The van der Waals surface area contributed by atoms with Crippen LogP contribution in [0.15, 0.2) is 0 Å². The Morgan fingerprint density at radius 3 is 2.25 bits per heavy atom. The summed E-state index contributed by atoms with van der Waals surface area (Å²) >= 11 is 5.46. The van der Waals surface area contributed by atoms with Crippen LogP contribution < -0.4 is 0 Å². The second-order valence-corrected chi connectivity index (χ2v) is 2.26. The fourth-order valence-electron chi connectivity index (χ4n) is 0.210. The molecule has 0 amide bonds. The predicted octanol–water partition coefficient (Wildman–Crippen LogP) is 1.38. The molecule has 0 saturated heterocycles. The number of hydrogen-bond donors (Lipinski definition) is 0. The molecule has 0 rings (SSSR count). The van der Waals surface area contributed by atoms with E-state index in [1.165, 1.54) is 0 Å². The number of carbonyl (C=O) groups excluding carboxylic acids is 1. The molecular formula is C5H9ClO2. The van der Waals surface area contributed by atoms with E-state index in [9.17, 15) is 4.79 Å². The van der Waals surface area contributed by atoms with Crippen LogP contribution >= 0.6 is 11.6 Å². The monoisotopic (exact) mass is 136 g/mol. The quantitative estimate of drug-likeness (QED) is 0.433. The Bertz CT molecular complexity index is 72.8. The summed E-state index contributed by atoms with van der Waals surface area (Å²) in [5.41, 5.74) is -0.479. The molecule has 0 fully saturated rings. The normalized spacial score (nSPS) is 13.5. The van der Waals surface area contributed by atoms with E-state index in [1.54, 1.807) is 0 Å². The minimum Gasteiger partial charge on any atom is -0.448 e. The molecule has 1 atom stereocenters. The van der Waals surface area contributed by atoms with Crippen molar-refractivity contribution in [2.24, 2.45) is 5.92 Å². The van der Waals surface area contributed by atoms with Crippen LogP contribution in [0.2, 0.25) is 0 Å². The highest BCUT2D eigenvalue weighted by Gasteiger charge is 2.07. The predicted molar refractivity (Wildman–Crippen MR) is 31.6 cm³/mol. The number of ether oxygens (including phenoxy) is 1. The van der Waals surface area contributed by atoms with Gasteiger partial charge in [-0.05, 0) is 0 Å². The van der Waals surface area contributed by atoms with Gasteiger partial charge in [-0.1, -0.05) is 25.4 Å². The Morgan fingerprint density at radius 2 is 2.12 bits per heavy atom. The largest absolute Gasteiger partial charge is 0.448 e. The van der Waals surface area contributed by atoms with Crippen molar-refractivity contribution >= 4 is 18.1 Å². The van der Waals surface area contributed by atoms with Gasteiger partial charge in [-0.3, -0.25) is 4.79 Å². The van der Waals surface area contributed by atoms with Gasteiger partial charge in [0.25, 0.3) is 6.47 Å². The van der Waals surface area contributed by atoms with Crippen molar-refractivity contribution in [2.45, 2.75) is 19.4 Å². The van der Waals surface area contributed by atoms with Crippen LogP contribution in [-0.4, -0.2) is 12.0 Å². The molecule has 0 N–H and O–H groups in total. The zero-order valence-electron chi connectivity index (χ0n) is 4.93. The van der Waals surface area contributed by atoms with Gasteiger partial charge in [0.2, 0.25) is 0 Å². The van der Waals surface area contributed by atoms with Gasteiger partial charge in [-0.2, -0.15) is 0 Å². The van der Waals surface area contributed by atoms with Crippen molar-refractivity contribution in [2.75, 3.05) is 0 Å². The van der Waals surface area contributed by atoms with Gasteiger partial charge in [0.05, 0.1) is 0 Å². The van der Waals surface area contributed by atoms with Crippen molar-refractivity contribution in [1.82, 2.24) is 0 Å². The van der Waals surface area contributed by atoms with Crippen molar-refractivity contribution in [3.8, 4) is 0 Å².